The second kappa shape index (κ2) is 11.7. The fourth-order valence-corrected chi connectivity index (χ4v) is 5.84. The summed E-state index contributed by atoms with van der Waals surface area (Å²) in [5.74, 6) is 0.555. The van der Waals surface area contributed by atoms with Crippen molar-refractivity contribution in [1.29, 1.82) is 0 Å². The zero-order chi connectivity index (χ0) is 24.9. The van der Waals surface area contributed by atoms with Gasteiger partial charge in [-0.1, -0.05) is 45.2 Å². The summed E-state index contributed by atoms with van der Waals surface area (Å²) in [7, 11) is 2.05. The monoisotopic (exact) mass is 481 g/mol. The molecular formula is C29H43N3O3. The number of amides is 2. The average molecular weight is 482 g/mol. The van der Waals surface area contributed by atoms with Crippen molar-refractivity contribution in [3.63, 3.8) is 0 Å². The van der Waals surface area contributed by atoms with Crippen molar-refractivity contribution in [3.8, 4) is 0 Å². The largest absolute Gasteiger partial charge is 0.342 e. The normalized spacial score (nSPS) is 22.3. The molecule has 2 amide bonds. The van der Waals surface area contributed by atoms with E-state index in [1.165, 1.54) is 19.3 Å². The first kappa shape index (κ1) is 25.9. The Morgan fingerprint density at radius 2 is 1.77 bits per heavy atom. The minimum absolute atomic E-state index is 0.0988. The molecule has 1 unspecified atom stereocenters. The maximum absolute atomic E-state index is 13.3. The molecule has 1 saturated heterocycles. The molecule has 35 heavy (non-hydrogen) atoms. The van der Waals surface area contributed by atoms with Crippen molar-refractivity contribution < 1.29 is 14.4 Å². The number of ketones is 1. The molecule has 1 aromatic rings. The molecule has 2 aliphatic carbocycles. The third kappa shape index (κ3) is 6.72. The minimum Gasteiger partial charge on any atom is -0.342 e. The SMILES string of the molecule is CC(C)C(=O)[C@H](NC(=O)c1cccc(C2CCCN(C(=O)CN(C)C3CC3)C2)c1)C1CCCCC1. The van der Waals surface area contributed by atoms with E-state index < -0.39 is 6.04 Å². The van der Waals surface area contributed by atoms with Gasteiger partial charge in [-0.25, -0.2) is 0 Å². The molecule has 6 nitrogen and oxygen atoms in total. The molecule has 1 heterocycles. The highest BCUT2D eigenvalue weighted by Gasteiger charge is 2.33. The number of benzene rings is 1. The van der Waals surface area contributed by atoms with E-state index in [-0.39, 0.29) is 35.4 Å². The standard InChI is InChI=1S/C29H43N3O3/c1-20(2)28(34)27(21-9-5-4-6-10-21)30-29(35)23-12-7-11-22(17-23)24-13-8-16-32(18-24)26(33)19-31(3)25-14-15-25/h7,11-12,17,20-21,24-25,27H,4-6,8-10,13-16,18-19H2,1-3H3,(H,30,35)/t24?,27-/m1/s1. The molecule has 3 aliphatic rings. The molecule has 4 rings (SSSR count). The third-order valence-electron chi connectivity index (χ3n) is 8.23. The van der Waals surface area contributed by atoms with Crippen LogP contribution in [-0.2, 0) is 9.59 Å². The van der Waals surface area contributed by atoms with Gasteiger partial charge in [-0.2, -0.15) is 0 Å². The second-order valence-corrected chi connectivity index (χ2v) is 11.4. The van der Waals surface area contributed by atoms with Crippen LogP contribution in [0.4, 0.5) is 0 Å². The summed E-state index contributed by atoms with van der Waals surface area (Å²) in [6.45, 7) is 5.85. The van der Waals surface area contributed by atoms with Gasteiger partial charge in [-0.15, -0.1) is 0 Å². The van der Waals surface area contributed by atoms with Gasteiger partial charge in [0.25, 0.3) is 5.91 Å². The van der Waals surface area contributed by atoms with Crippen molar-refractivity contribution in [2.75, 3.05) is 26.7 Å². The van der Waals surface area contributed by atoms with E-state index in [2.05, 4.69) is 16.3 Å². The third-order valence-corrected chi connectivity index (χ3v) is 8.23. The van der Waals surface area contributed by atoms with E-state index in [0.29, 0.717) is 24.7 Å². The van der Waals surface area contributed by atoms with Gasteiger partial charge >= 0.3 is 0 Å². The number of nitrogens with zero attached hydrogens (tertiary/aromatic N) is 2. The summed E-state index contributed by atoms with van der Waals surface area (Å²) < 4.78 is 0. The maximum Gasteiger partial charge on any atom is 0.251 e. The molecule has 0 bridgehead atoms. The number of hydrogen-bond acceptors (Lipinski definition) is 4. The topological polar surface area (TPSA) is 69.7 Å². The minimum atomic E-state index is -0.405. The Bertz CT molecular complexity index is 904. The average Bonchev–Trinajstić information content (AvgIpc) is 3.73. The molecule has 192 valence electrons. The smallest absolute Gasteiger partial charge is 0.251 e. The predicted molar refractivity (Wildman–Crippen MR) is 138 cm³/mol. The Morgan fingerprint density at radius 3 is 2.46 bits per heavy atom. The number of hydrogen-bond donors (Lipinski definition) is 1. The highest BCUT2D eigenvalue weighted by atomic mass is 16.2. The highest BCUT2D eigenvalue weighted by Crippen LogP contribution is 2.30. The first-order valence-corrected chi connectivity index (χ1v) is 13.8. The van der Waals surface area contributed by atoms with Crippen LogP contribution >= 0.6 is 0 Å². The van der Waals surface area contributed by atoms with E-state index in [9.17, 15) is 14.4 Å². The van der Waals surface area contributed by atoms with Gasteiger partial charge in [0.05, 0.1) is 12.6 Å². The molecule has 0 spiro atoms. The molecule has 1 aromatic carbocycles. The molecule has 2 saturated carbocycles. The van der Waals surface area contributed by atoms with Crippen molar-refractivity contribution in [2.45, 2.75) is 89.6 Å². The van der Waals surface area contributed by atoms with Crippen molar-refractivity contribution in [2.24, 2.45) is 11.8 Å². The van der Waals surface area contributed by atoms with Gasteiger partial charge in [0.2, 0.25) is 5.91 Å². The lowest BCUT2D eigenvalue weighted by Crippen LogP contribution is -2.48. The van der Waals surface area contributed by atoms with Crippen molar-refractivity contribution >= 4 is 17.6 Å². The first-order valence-electron chi connectivity index (χ1n) is 13.8. The number of rotatable bonds is 9. The lowest BCUT2D eigenvalue weighted by atomic mass is 9.80. The van der Waals surface area contributed by atoms with Gasteiger partial charge in [0.15, 0.2) is 5.78 Å². The lowest BCUT2D eigenvalue weighted by Gasteiger charge is -2.34. The molecule has 1 N–H and O–H groups in total. The van der Waals surface area contributed by atoms with Crippen LogP contribution in [0.2, 0.25) is 0 Å². The lowest BCUT2D eigenvalue weighted by molar-refractivity contribution is -0.133. The summed E-state index contributed by atoms with van der Waals surface area (Å²) in [4.78, 5) is 43.3. The highest BCUT2D eigenvalue weighted by molar-refractivity contribution is 5.98. The van der Waals surface area contributed by atoms with Gasteiger partial charge in [-0.3, -0.25) is 19.3 Å². The van der Waals surface area contributed by atoms with Crippen molar-refractivity contribution in [3.05, 3.63) is 35.4 Å². The van der Waals surface area contributed by atoms with Crippen LogP contribution in [0.1, 0.15) is 93.5 Å². The fourth-order valence-electron chi connectivity index (χ4n) is 5.84. The molecule has 3 fully saturated rings. The quantitative estimate of drug-likeness (QED) is 0.568. The molecule has 0 aromatic heterocycles. The molecule has 1 aliphatic heterocycles. The van der Waals surface area contributed by atoms with E-state index >= 15 is 0 Å². The Hall–Kier alpha value is -2.21. The maximum atomic E-state index is 13.3. The Kier molecular flexibility index (Phi) is 8.64. The summed E-state index contributed by atoms with van der Waals surface area (Å²) >= 11 is 0. The first-order chi connectivity index (χ1) is 16.8. The van der Waals surface area contributed by atoms with Crippen LogP contribution in [0, 0.1) is 11.8 Å². The summed E-state index contributed by atoms with van der Waals surface area (Å²) in [5, 5.41) is 3.12. The van der Waals surface area contributed by atoms with Crippen molar-refractivity contribution in [1.82, 2.24) is 15.1 Å². The molecular weight excluding hydrogens is 438 g/mol. The Balaban J connectivity index is 1.41. The number of carbonyl (C=O) groups excluding carboxylic acids is 3. The Morgan fingerprint density at radius 1 is 1.03 bits per heavy atom. The van der Waals surface area contributed by atoms with Gasteiger partial charge < -0.3 is 10.2 Å². The summed E-state index contributed by atoms with van der Waals surface area (Å²) in [5.41, 5.74) is 1.71. The Labute approximate surface area is 210 Å². The number of carbonyl (C=O) groups is 3. The molecule has 0 radical (unpaired) electrons. The summed E-state index contributed by atoms with van der Waals surface area (Å²) in [6, 6.07) is 8.00. The van der Waals surface area contributed by atoms with E-state index in [1.807, 2.05) is 44.0 Å². The van der Waals surface area contributed by atoms with Crippen LogP contribution < -0.4 is 5.32 Å². The second-order valence-electron chi connectivity index (χ2n) is 11.4. The molecule has 6 heteroatoms. The van der Waals surface area contributed by atoms with Crippen LogP contribution in [0.15, 0.2) is 24.3 Å². The predicted octanol–water partition coefficient (Wildman–Crippen LogP) is 4.39. The van der Waals surface area contributed by atoms with Crippen LogP contribution in [0.5, 0.6) is 0 Å². The number of likely N-dealkylation sites (tertiary alicyclic amines) is 1. The van der Waals surface area contributed by atoms with Gasteiger partial charge in [0.1, 0.15) is 0 Å². The van der Waals surface area contributed by atoms with Crippen LogP contribution in [0.25, 0.3) is 0 Å². The van der Waals surface area contributed by atoms with Crippen LogP contribution in [0.3, 0.4) is 0 Å². The fraction of sp³-hybridized carbons (Fsp3) is 0.690. The van der Waals surface area contributed by atoms with Crippen LogP contribution in [-0.4, -0.2) is 66.2 Å². The van der Waals surface area contributed by atoms with E-state index in [1.54, 1.807) is 0 Å². The van der Waals surface area contributed by atoms with Gasteiger partial charge in [-0.05, 0) is 69.2 Å². The molecule has 2 atom stereocenters. The zero-order valence-corrected chi connectivity index (χ0v) is 21.8. The number of Topliss-reactive ketones (excluding diaryl/α,β-unsaturated/α-hetero) is 1. The number of piperidine rings is 1. The number of likely N-dealkylation sites (N-methyl/N-ethyl adjacent to an activating group) is 1. The summed E-state index contributed by atoms with van der Waals surface area (Å²) in [6.07, 6.45) is 9.88. The number of nitrogens with one attached hydrogen (secondary N) is 1. The zero-order valence-electron chi connectivity index (χ0n) is 21.8. The van der Waals surface area contributed by atoms with E-state index in [0.717, 1.165) is 50.6 Å². The van der Waals surface area contributed by atoms with Gasteiger partial charge in [0, 0.05) is 36.5 Å². The van der Waals surface area contributed by atoms with E-state index in [4.69, 9.17) is 0 Å².